The fourth-order valence-corrected chi connectivity index (χ4v) is 1.61. The van der Waals surface area contributed by atoms with Gasteiger partial charge in [-0.2, -0.15) is 0 Å². The van der Waals surface area contributed by atoms with Crippen molar-refractivity contribution in [3.63, 3.8) is 0 Å². The van der Waals surface area contributed by atoms with E-state index in [1.54, 1.807) is 6.20 Å². The molecule has 0 amide bonds. The van der Waals surface area contributed by atoms with Crippen LogP contribution >= 0.6 is 0 Å². The van der Waals surface area contributed by atoms with Gasteiger partial charge in [-0.25, -0.2) is 4.98 Å². The van der Waals surface area contributed by atoms with E-state index in [1.165, 1.54) is 18.0 Å². The monoisotopic (exact) mass is 226 g/mol. The summed E-state index contributed by atoms with van der Waals surface area (Å²) in [6, 6.07) is 8.10. The lowest BCUT2D eigenvalue weighted by Crippen LogP contribution is -2.06. The number of nitrogens with zero attached hydrogens (tertiary/aromatic N) is 2. The first-order chi connectivity index (χ1) is 8.29. The number of aromatic nitrogens is 2. The summed E-state index contributed by atoms with van der Waals surface area (Å²) in [7, 11) is 0. The van der Waals surface area contributed by atoms with Gasteiger partial charge in [0.1, 0.15) is 5.69 Å². The third-order valence-corrected chi connectivity index (χ3v) is 2.64. The van der Waals surface area contributed by atoms with Crippen LogP contribution in [0.15, 0.2) is 42.9 Å². The van der Waals surface area contributed by atoms with E-state index in [-0.39, 0.29) is 5.78 Å². The topological polar surface area (TPSA) is 42.9 Å². The largest absolute Gasteiger partial charge is 0.292 e. The molecule has 2 rings (SSSR count). The molecule has 86 valence electrons. The Morgan fingerprint density at radius 3 is 2.41 bits per heavy atom. The molecule has 3 nitrogen and oxygen atoms in total. The molecule has 0 N–H and O–H groups in total. The average Bonchev–Trinajstić information content (AvgIpc) is 2.40. The molecule has 0 spiro atoms. The Morgan fingerprint density at radius 1 is 1.12 bits per heavy atom. The molecular weight excluding hydrogens is 212 g/mol. The summed E-state index contributed by atoms with van der Waals surface area (Å²) in [6.07, 6.45) is 5.99. The number of hydrogen-bond donors (Lipinski definition) is 0. The number of ketones is 1. The standard InChI is InChI=1S/C14H14N2O/c1-2-11-3-5-12(6-4-11)9-14(17)13-10-15-7-8-16-13/h3-8,10H,2,9H2,1H3. The molecule has 1 aromatic carbocycles. The number of hydrogen-bond acceptors (Lipinski definition) is 3. The predicted molar refractivity (Wildman–Crippen MR) is 65.9 cm³/mol. The van der Waals surface area contributed by atoms with Gasteiger partial charge in [-0.1, -0.05) is 31.2 Å². The van der Waals surface area contributed by atoms with Crippen molar-refractivity contribution < 1.29 is 4.79 Å². The van der Waals surface area contributed by atoms with E-state index < -0.39 is 0 Å². The minimum Gasteiger partial charge on any atom is -0.292 e. The molecule has 2 aromatic rings. The van der Waals surface area contributed by atoms with Crippen LogP contribution in [0.3, 0.4) is 0 Å². The Labute approximate surface area is 101 Å². The Balaban J connectivity index is 2.08. The Kier molecular flexibility index (Phi) is 3.60. The van der Waals surface area contributed by atoms with Crippen molar-refractivity contribution >= 4 is 5.78 Å². The number of carbonyl (C=O) groups excluding carboxylic acids is 1. The van der Waals surface area contributed by atoms with Crippen molar-refractivity contribution in [2.75, 3.05) is 0 Å². The SMILES string of the molecule is CCc1ccc(CC(=O)c2cnccn2)cc1. The van der Waals surface area contributed by atoms with Gasteiger partial charge in [-0.3, -0.25) is 9.78 Å². The molecule has 1 aromatic heterocycles. The van der Waals surface area contributed by atoms with Crippen molar-refractivity contribution in [2.45, 2.75) is 19.8 Å². The molecule has 0 atom stereocenters. The van der Waals surface area contributed by atoms with Gasteiger partial charge in [-0.05, 0) is 17.5 Å². The highest BCUT2D eigenvalue weighted by Gasteiger charge is 2.07. The number of carbonyl (C=O) groups is 1. The first-order valence-corrected chi connectivity index (χ1v) is 5.66. The molecule has 0 aliphatic carbocycles. The van der Waals surface area contributed by atoms with Crippen LogP contribution < -0.4 is 0 Å². The van der Waals surface area contributed by atoms with Crippen molar-refractivity contribution in [1.29, 1.82) is 0 Å². The van der Waals surface area contributed by atoms with E-state index >= 15 is 0 Å². The van der Waals surface area contributed by atoms with E-state index in [0.29, 0.717) is 12.1 Å². The maximum atomic E-state index is 11.9. The van der Waals surface area contributed by atoms with Crippen LogP contribution in [0.25, 0.3) is 0 Å². The fourth-order valence-electron chi connectivity index (χ4n) is 1.61. The summed E-state index contributed by atoms with van der Waals surface area (Å²) in [5, 5.41) is 0. The lowest BCUT2D eigenvalue weighted by molar-refractivity contribution is 0.0988. The predicted octanol–water partition coefficient (Wildman–Crippen LogP) is 2.46. The maximum absolute atomic E-state index is 11.9. The molecular formula is C14H14N2O. The summed E-state index contributed by atoms with van der Waals surface area (Å²) in [4.78, 5) is 19.8. The van der Waals surface area contributed by atoms with Crippen molar-refractivity contribution in [2.24, 2.45) is 0 Å². The van der Waals surface area contributed by atoms with Gasteiger partial charge >= 0.3 is 0 Å². The Morgan fingerprint density at radius 2 is 1.82 bits per heavy atom. The average molecular weight is 226 g/mol. The molecule has 0 aliphatic heterocycles. The molecule has 0 fully saturated rings. The van der Waals surface area contributed by atoms with Crippen LogP contribution in [-0.4, -0.2) is 15.8 Å². The molecule has 0 bridgehead atoms. The summed E-state index contributed by atoms with van der Waals surface area (Å²) in [5.74, 6) is 0.00217. The van der Waals surface area contributed by atoms with Gasteiger partial charge in [0, 0.05) is 18.8 Å². The molecule has 17 heavy (non-hydrogen) atoms. The molecule has 3 heteroatoms. The zero-order chi connectivity index (χ0) is 12.1. The van der Waals surface area contributed by atoms with Gasteiger partial charge in [0.05, 0.1) is 6.20 Å². The normalized spacial score (nSPS) is 10.2. The summed E-state index contributed by atoms with van der Waals surface area (Å²) in [6.45, 7) is 2.11. The van der Waals surface area contributed by atoms with E-state index in [0.717, 1.165) is 12.0 Å². The molecule has 0 radical (unpaired) electrons. The van der Waals surface area contributed by atoms with Crippen molar-refractivity contribution in [1.82, 2.24) is 9.97 Å². The van der Waals surface area contributed by atoms with E-state index in [2.05, 4.69) is 29.0 Å². The molecule has 0 saturated heterocycles. The minimum atomic E-state index is 0.00217. The highest BCUT2D eigenvalue weighted by Crippen LogP contribution is 2.08. The smallest absolute Gasteiger partial charge is 0.187 e. The third-order valence-electron chi connectivity index (χ3n) is 2.64. The second-order valence-corrected chi connectivity index (χ2v) is 3.86. The first kappa shape index (κ1) is 11.5. The number of aryl methyl sites for hydroxylation is 1. The third kappa shape index (κ3) is 2.97. The van der Waals surface area contributed by atoms with Crippen LogP contribution in [0, 0.1) is 0 Å². The molecule has 0 saturated carbocycles. The second-order valence-electron chi connectivity index (χ2n) is 3.86. The Hall–Kier alpha value is -2.03. The van der Waals surface area contributed by atoms with E-state index in [4.69, 9.17) is 0 Å². The Bertz CT molecular complexity index is 491. The lowest BCUT2D eigenvalue weighted by atomic mass is 10.0. The van der Waals surface area contributed by atoms with Crippen molar-refractivity contribution in [3.05, 3.63) is 59.7 Å². The maximum Gasteiger partial charge on any atom is 0.187 e. The summed E-state index contributed by atoms with van der Waals surface area (Å²) >= 11 is 0. The fraction of sp³-hybridized carbons (Fsp3) is 0.214. The van der Waals surface area contributed by atoms with Gasteiger partial charge < -0.3 is 0 Å². The zero-order valence-electron chi connectivity index (χ0n) is 9.76. The van der Waals surface area contributed by atoms with Crippen LogP contribution in [0.4, 0.5) is 0 Å². The van der Waals surface area contributed by atoms with Crippen LogP contribution in [-0.2, 0) is 12.8 Å². The molecule has 0 unspecified atom stereocenters. The van der Waals surface area contributed by atoms with Gasteiger partial charge in [-0.15, -0.1) is 0 Å². The molecule has 1 heterocycles. The van der Waals surface area contributed by atoms with Crippen molar-refractivity contribution in [3.8, 4) is 0 Å². The van der Waals surface area contributed by atoms with Crippen LogP contribution in [0.1, 0.15) is 28.5 Å². The van der Waals surface area contributed by atoms with Crippen LogP contribution in [0.5, 0.6) is 0 Å². The minimum absolute atomic E-state index is 0.00217. The van der Waals surface area contributed by atoms with E-state index in [1.807, 2.05) is 12.1 Å². The van der Waals surface area contributed by atoms with Gasteiger partial charge in [0.25, 0.3) is 0 Å². The number of Topliss-reactive ketones (excluding diaryl/α,β-unsaturated/α-hetero) is 1. The second kappa shape index (κ2) is 5.34. The summed E-state index contributed by atoms with van der Waals surface area (Å²) in [5.41, 5.74) is 2.71. The lowest BCUT2D eigenvalue weighted by Gasteiger charge is -2.02. The van der Waals surface area contributed by atoms with Gasteiger partial charge in [0.15, 0.2) is 5.78 Å². The zero-order valence-corrected chi connectivity index (χ0v) is 9.76. The number of rotatable bonds is 4. The van der Waals surface area contributed by atoms with Gasteiger partial charge in [0.2, 0.25) is 0 Å². The van der Waals surface area contributed by atoms with E-state index in [9.17, 15) is 4.79 Å². The highest BCUT2D eigenvalue weighted by atomic mass is 16.1. The highest BCUT2D eigenvalue weighted by molar-refractivity contribution is 5.95. The molecule has 0 aliphatic rings. The summed E-state index contributed by atoms with van der Waals surface area (Å²) < 4.78 is 0. The number of benzene rings is 1. The first-order valence-electron chi connectivity index (χ1n) is 5.66. The quantitative estimate of drug-likeness (QED) is 0.752. The van der Waals surface area contributed by atoms with Crippen LogP contribution in [0.2, 0.25) is 0 Å².